The van der Waals surface area contributed by atoms with Gasteiger partial charge in [-0.25, -0.2) is 0 Å². The highest BCUT2D eigenvalue weighted by Gasteiger charge is 2.03. The molecule has 1 N–H and O–H groups in total. The monoisotopic (exact) mass is 329 g/mol. The second kappa shape index (κ2) is 8.29. The molecule has 0 heterocycles. The summed E-state index contributed by atoms with van der Waals surface area (Å²) in [6, 6.07) is 13.2. The first-order valence-corrected chi connectivity index (χ1v) is 8.24. The Bertz CT molecular complexity index is 713. The van der Waals surface area contributed by atoms with Crippen LogP contribution in [0.5, 0.6) is 11.5 Å². The quantitative estimate of drug-likeness (QED) is 0.641. The normalized spacial score (nSPS) is 10.6. The third-order valence-electron chi connectivity index (χ3n) is 3.17. The van der Waals surface area contributed by atoms with Crippen molar-refractivity contribution in [2.24, 2.45) is 0 Å². The van der Waals surface area contributed by atoms with Crippen LogP contribution in [0.4, 0.5) is 5.69 Å². The van der Waals surface area contributed by atoms with Gasteiger partial charge in [0.05, 0.1) is 14.2 Å². The first kappa shape index (κ1) is 17.0. The SMILES string of the molecule is COc1ccc(/C=C/C(=O)Nc2cccc(SC)c2)cc1OC. The third kappa shape index (κ3) is 4.79. The highest BCUT2D eigenvalue weighted by molar-refractivity contribution is 7.98. The fourth-order valence-electron chi connectivity index (χ4n) is 2.01. The van der Waals surface area contributed by atoms with Gasteiger partial charge in [0, 0.05) is 16.7 Å². The summed E-state index contributed by atoms with van der Waals surface area (Å²) in [7, 11) is 3.17. The Hall–Kier alpha value is -2.40. The van der Waals surface area contributed by atoms with Gasteiger partial charge in [0.1, 0.15) is 0 Å². The summed E-state index contributed by atoms with van der Waals surface area (Å²) in [5, 5.41) is 2.84. The van der Waals surface area contributed by atoms with Crippen LogP contribution in [0.2, 0.25) is 0 Å². The molecule has 0 fully saturated rings. The lowest BCUT2D eigenvalue weighted by Crippen LogP contribution is -2.07. The van der Waals surface area contributed by atoms with E-state index in [4.69, 9.17) is 9.47 Å². The van der Waals surface area contributed by atoms with E-state index in [1.54, 1.807) is 38.1 Å². The van der Waals surface area contributed by atoms with E-state index in [1.165, 1.54) is 6.08 Å². The number of rotatable bonds is 6. The Labute approximate surface area is 140 Å². The number of carbonyl (C=O) groups excluding carboxylic acids is 1. The van der Waals surface area contributed by atoms with Gasteiger partial charge in [0.25, 0.3) is 0 Å². The fraction of sp³-hybridized carbons (Fsp3) is 0.167. The van der Waals surface area contributed by atoms with E-state index in [0.717, 1.165) is 16.1 Å². The Morgan fingerprint density at radius 2 is 1.87 bits per heavy atom. The molecule has 23 heavy (non-hydrogen) atoms. The summed E-state index contributed by atoms with van der Waals surface area (Å²) in [6.07, 6.45) is 5.22. The standard InChI is InChI=1S/C18H19NO3S/c1-21-16-9-7-13(11-17(16)22-2)8-10-18(20)19-14-5-4-6-15(12-14)23-3/h4-12H,1-3H3,(H,19,20)/b10-8+. The molecule has 5 heteroatoms. The number of thioether (sulfide) groups is 1. The largest absolute Gasteiger partial charge is 0.493 e. The van der Waals surface area contributed by atoms with E-state index in [2.05, 4.69) is 5.32 Å². The molecule has 0 aliphatic rings. The molecule has 0 unspecified atom stereocenters. The lowest BCUT2D eigenvalue weighted by Gasteiger charge is -2.07. The molecule has 2 aromatic carbocycles. The van der Waals surface area contributed by atoms with E-state index < -0.39 is 0 Å². The second-order valence-electron chi connectivity index (χ2n) is 4.67. The topological polar surface area (TPSA) is 47.6 Å². The van der Waals surface area contributed by atoms with Crippen LogP contribution in [0.1, 0.15) is 5.56 Å². The smallest absolute Gasteiger partial charge is 0.248 e. The van der Waals surface area contributed by atoms with E-state index >= 15 is 0 Å². The number of anilines is 1. The predicted octanol–water partition coefficient (Wildman–Crippen LogP) is 4.08. The molecule has 0 atom stereocenters. The first-order valence-electron chi connectivity index (χ1n) is 7.01. The zero-order valence-corrected chi connectivity index (χ0v) is 14.1. The maximum atomic E-state index is 12.0. The molecule has 120 valence electrons. The molecule has 0 saturated heterocycles. The number of nitrogens with one attached hydrogen (secondary N) is 1. The molecule has 0 radical (unpaired) electrons. The highest BCUT2D eigenvalue weighted by Crippen LogP contribution is 2.28. The second-order valence-corrected chi connectivity index (χ2v) is 5.55. The summed E-state index contributed by atoms with van der Waals surface area (Å²) in [5.41, 5.74) is 1.63. The van der Waals surface area contributed by atoms with Crippen molar-refractivity contribution in [3.63, 3.8) is 0 Å². The number of methoxy groups -OCH3 is 2. The Kier molecular flexibility index (Phi) is 6.11. The molecular weight excluding hydrogens is 310 g/mol. The molecular formula is C18H19NO3S. The van der Waals surface area contributed by atoms with Crippen LogP contribution < -0.4 is 14.8 Å². The summed E-state index contributed by atoms with van der Waals surface area (Å²) < 4.78 is 10.4. The maximum absolute atomic E-state index is 12.0. The minimum absolute atomic E-state index is 0.182. The van der Waals surface area contributed by atoms with Crippen molar-refractivity contribution in [1.29, 1.82) is 0 Å². The minimum Gasteiger partial charge on any atom is -0.493 e. The molecule has 1 amide bonds. The van der Waals surface area contributed by atoms with Gasteiger partial charge in [0.15, 0.2) is 11.5 Å². The van der Waals surface area contributed by atoms with Gasteiger partial charge >= 0.3 is 0 Å². The Morgan fingerprint density at radius 1 is 1.09 bits per heavy atom. The van der Waals surface area contributed by atoms with Crippen molar-refractivity contribution in [1.82, 2.24) is 0 Å². The first-order chi connectivity index (χ1) is 11.2. The molecule has 2 rings (SSSR count). The maximum Gasteiger partial charge on any atom is 0.248 e. The number of hydrogen-bond donors (Lipinski definition) is 1. The van der Waals surface area contributed by atoms with Gasteiger partial charge < -0.3 is 14.8 Å². The van der Waals surface area contributed by atoms with Crippen molar-refractivity contribution >= 4 is 29.4 Å². The zero-order valence-electron chi connectivity index (χ0n) is 13.3. The Balaban J connectivity index is 2.05. The van der Waals surface area contributed by atoms with Crippen molar-refractivity contribution in [2.45, 2.75) is 4.90 Å². The zero-order chi connectivity index (χ0) is 16.7. The van der Waals surface area contributed by atoms with E-state index in [-0.39, 0.29) is 5.91 Å². The van der Waals surface area contributed by atoms with Crippen molar-refractivity contribution in [3.8, 4) is 11.5 Å². The molecule has 4 nitrogen and oxygen atoms in total. The van der Waals surface area contributed by atoms with Gasteiger partial charge in [-0.3, -0.25) is 4.79 Å². The van der Waals surface area contributed by atoms with E-state index in [1.807, 2.05) is 42.7 Å². The van der Waals surface area contributed by atoms with E-state index in [9.17, 15) is 4.79 Å². The number of carbonyl (C=O) groups is 1. The summed E-state index contributed by atoms with van der Waals surface area (Å²) in [4.78, 5) is 13.1. The lowest BCUT2D eigenvalue weighted by atomic mass is 10.2. The number of amides is 1. The van der Waals surface area contributed by atoms with Gasteiger partial charge in [-0.15, -0.1) is 11.8 Å². The number of benzene rings is 2. The van der Waals surface area contributed by atoms with Crippen LogP contribution in [0, 0.1) is 0 Å². The van der Waals surface area contributed by atoms with Gasteiger partial charge in [0.2, 0.25) is 5.91 Å². The molecule has 0 aliphatic carbocycles. The van der Waals surface area contributed by atoms with Crippen LogP contribution >= 0.6 is 11.8 Å². The average molecular weight is 329 g/mol. The highest BCUT2D eigenvalue weighted by atomic mass is 32.2. The van der Waals surface area contributed by atoms with Gasteiger partial charge in [-0.1, -0.05) is 12.1 Å². The summed E-state index contributed by atoms with van der Waals surface area (Å²) in [5.74, 6) is 1.10. The van der Waals surface area contributed by atoms with Crippen LogP contribution in [-0.4, -0.2) is 26.4 Å². The lowest BCUT2D eigenvalue weighted by molar-refractivity contribution is -0.111. The van der Waals surface area contributed by atoms with Crippen molar-refractivity contribution in [2.75, 3.05) is 25.8 Å². The van der Waals surface area contributed by atoms with Crippen molar-refractivity contribution < 1.29 is 14.3 Å². The number of hydrogen-bond acceptors (Lipinski definition) is 4. The molecule has 0 aromatic heterocycles. The van der Waals surface area contributed by atoms with Crippen LogP contribution in [0.25, 0.3) is 6.08 Å². The van der Waals surface area contributed by atoms with Crippen LogP contribution in [0.3, 0.4) is 0 Å². The fourth-order valence-corrected chi connectivity index (χ4v) is 2.47. The number of ether oxygens (including phenoxy) is 2. The van der Waals surface area contributed by atoms with E-state index in [0.29, 0.717) is 11.5 Å². The summed E-state index contributed by atoms with van der Waals surface area (Å²) >= 11 is 1.63. The molecule has 0 saturated carbocycles. The molecule has 2 aromatic rings. The van der Waals surface area contributed by atoms with Crippen LogP contribution in [-0.2, 0) is 4.79 Å². The third-order valence-corrected chi connectivity index (χ3v) is 3.90. The summed E-state index contributed by atoms with van der Waals surface area (Å²) in [6.45, 7) is 0. The van der Waals surface area contributed by atoms with Gasteiger partial charge in [-0.2, -0.15) is 0 Å². The van der Waals surface area contributed by atoms with Crippen molar-refractivity contribution in [3.05, 3.63) is 54.1 Å². The Morgan fingerprint density at radius 3 is 2.57 bits per heavy atom. The predicted molar refractivity (Wildman–Crippen MR) is 95.4 cm³/mol. The molecule has 0 aliphatic heterocycles. The minimum atomic E-state index is -0.182. The van der Waals surface area contributed by atoms with Gasteiger partial charge in [-0.05, 0) is 48.2 Å². The molecule has 0 bridgehead atoms. The van der Waals surface area contributed by atoms with Crippen LogP contribution in [0.15, 0.2) is 53.4 Å². The molecule has 0 spiro atoms. The average Bonchev–Trinajstić information content (AvgIpc) is 2.59.